The van der Waals surface area contributed by atoms with E-state index in [1.165, 1.54) is 11.3 Å². The first-order chi connectivity index (χ1) is 9.11. The molecule has 4 nitrogen and oxygen atoms in total. The molecule has 2 amide bonds. The number of thiophene rings is 1. The molecule has 1 saturated heterocycles. The molecule has 1 aliphatic heterocycles. The fourth-order valence-electron chi connectivity index (χ4n) is 2.17. The van der Waals surface area contributed by atoms with Gasteiger partial charge in [0.05, 0.1) is 4.88 Å². The maximum absolute atomic E-state index is 12.3. The second kappa shape index (κ2) is 6.52. The van der Waals surface area contributed by atoms with Crippen LogP contribution >= 0.6 is 27.3 Å². The van der Waals surface area contributed by atoms with Crippen molar-refractivity contribution >= 4 is 39.1 Å². The molecule has 0 aliphatic carbocycles. The van der Waals surface area contributed by atoms with E-state index in [1.54, 1.807) is 0 Å². The Kier molecular flexibility index (Phi) is 4.99. The van der Waals surface area contributed by atoms with Crippen molar-refractivity contribution in [3.63, 3.8) is 0 Å². The van der Waals surface area contributed by atoms with Crippen LogP contribution in [-0.2, 0) is 4.79 Å². The minimum Gasteiger partial charge on any atom is -0.341 e. The van der Waals surface area contributed by atoms with E-state index in [-0.39, 0.29) is 11.8 Å². The van der Waals surface area contributed by atoms with Gasteiger partial charge in [-0.05, 0) is 28.4 Å². The zero-order chi connectivity index (χ0) is 13.8. The Morgan fingerprint density at radius 2 is 1.95 bits per heavy atom. The third kappa shape index (κ3) is 3.57. The van der Waals surface area contributed by atoms with Crippen molar-refractivity contribution in [2.24, 2.45) is 0 Å². The van der Waals surface area contributed by atoms with E-state index in [4.69, 9.17) is 0 Å². The molecule has 1 fully saturated rings. The average molecular weight is 345 g/mol. The summed E-state index contributed by atoms with van der Waals surface area (Å²) in [5.41, 5.74) is 0. The molecule has 0 unspecified atom stereocenters. The molecule has 1 aromatic rings. The monoisotopic (exact) mass is 344 g/mol. The normalized spacial score (nSPS) is 16.3. The highest BCUT2D eigenvalue weighted by molar-refractivity contribution is 9.10. The van der Waals surface area contributed by atoms with Crippen LogP contribution in [-0.4, -0.2) is 47.8 Å². The van der Waals surface area contributed by atoms with E-state index in [0.717, 1.165) is 28.9 Å². The summed E-state index contributed by atoms with van der Waals surface area (Å²) in [6, 6.07) is 1.85. The van der Waals surface area contributed by atoms with Gasteiger partial charge in [0, 0.05) is 42.5 Å². The number of nitrogens with zero attached hydrogens (tertiary/aromatic N) is 2. The van der Waals surface area contributed by atoms with Crippen molar-refractivity contribution in [2.45, 2.75) is 19.8 Å². The first kappa shape index (κ1) is 14.5. The molecule has 19 heavy (non-hydrogen) atoms. The third-order valence-corrected chi connectivity index (χ3v) is 4.90. The summed E-state index contributed by atoms with van der Waals surface area (Å²) < 4.78 is 0.943. The number of rotatable bonds is 2. The van der Waals surface area contributed by atoms with Crippen LogP contribution in [0.25, 0.3) is 0 Å². The Morgan fingerprint density at radius 3 is 2.58 bits per heavy atom. The van der Waals surface area contributed by atoms with Crippen molar-refractivity contribution in [1.82, 2.24) is 9.80 Å². The van der Waals surface area contributed by atoms with Crippen molar-refractivity contribution < 1.29 is 9.59 Å². The smallest absolute Gasteiger partial charge is 0.264 e. The van der Waals surface area contributed by atoms with Gasteiger partial charge in [-0.3, -0.25) is 9.59 Å². The minimum atomic E-state index is 0.0708. The number of hydrogen-bond acceptors (Lipinski definition) is 3. The van der Waals surface area contributed by atoms with Gasteiger partial charge < -0.3 is 9.80 Å². The van der Waals surface area contributed by atoms with Crippen LogP contribution in [0.1, 0.15) is 29.4 Å². The maximum Gasteiger partial charge on any atom is 0.264 e. The van der Waals surface area contributed by atoms with E-state index in [0.29, 0.717) is 19.5 Å². The highest BCUT2D eigenvalue weighted by Gasteiger charge is 2.22. The van der Waals surface area contributed by atoms with Gasteiger partial charge in [-0.1, -0.05) is 6.92 Å². The molecular formula is C13H17BrN2O2S. The molecule has 6 heteroatoms. The lowest BCUT2D eigenvalue weighted by atomic mass is 10.3. The third-order valence-electron chi connectivity index (χ3n) is 3.22. The first-order valence-corrected chi connectivity index (χ1v) is 8.10. The highest BCUT2D eigenvalue weighted by atomic mass is 79.9. The van der Waals surface area contributed by atoms with E-state index in [1.807, 2.05) is 28.2 Å². The molecule has 1 aromatic heterocycles. The Balaban J connectivity index is 1.99. The van der Waals surface area contributed by atoms with Gasteiger partial charge in [0.25, 0.3) is 5.91 Å². The number of halogens is 1. The van der Waals surface area contributed by atoms with Crippen LogP contribution < -0.4 is 0 Å². The van der Waals surface area contributed by atoms with Gasteiger partial charge in [0.1, 0.15) is 0 Å². The summed E-state index contributed by atoms with van der Waals surface area (Å²) in [5.74, 6) is 0.245. The summed E-state index contributed by atoms with van der Waals surface area (Å²) in [6.07, 6.45) is 1.38. The van der Waals surface area contributed by atoms with Crippen LogP contribution in [0.2, 0.25) is 0 Å². The van der Waals surface area contributed by atoms with Gasteiger partial charge in [-0.25, -0.2) is 0 Å². The average Bonchev–Trinajstić information content (AvgIpc) is 2.71. The molecule has 0 aromatic carbocycles. The van der Waals surface area contributed by atoms with E-state index in [9.17, 15) is 9.59 Å². The largest absolute Gasteiger partial charge is 0.341 e. The van der Waals surface area contributed by atoms with Crippen LogP contribution in [0.15, 0.2) is 15.9 Å². The lowest BCUT2D eigenvalue weighted by Gasteiger charge is -2.21. The lowest BCUT2D eigenvalue weighted by molar-refractivity contribution is -0.130. The van der Waals surface area contributed by atoms with Gasteiger partial charge >= 0.3 is 0 Å². The maximum atomic E-state index is 12.3. The Morgan fingerprint density at radius 1 is 1.26 bits per heavy atom. The zero-order valence-corrected chi connectivity index (χ0v) is 13.3. The van der Waals surface area contributed by atoms with Crippen molar-refractivity contribution in [2.75, 3.05) is 26.2 Å². The summed E-state index contributed by atoms with van der Waals surface area (Å²) in [7, 11) is 0. The highest BCUT2D eigenvalue weighted by Crippen LogP contribution is 2.21. The topological polar surface area (TPSA) is 40.6 Å². The van der Waals surface area contributed by atoms with Gasteiger partial charge in [0.15, 0.2) is 0 Å². The molecule has 104 valence electrons. The predicted molar refractivity (Wildman–Crippen MR) is 79.4 cm³/mol. The summed E-state index contributed by atoms with van der Waals surface area (Å²) in [4.78, 5) is 28.5. The summed E-state index contributed by atoms with van der Waals surface area (Å²) in [6.45, 7) is 4.62. The lowest BCUT2D eigenvalue weighted by Crippen LogP contribution is -2.36. The predicted octanol–water partition coefficient (Wildman–Crippen LogP) is 2.60. The van der Waals surface area contributed by atoms with Gasteiger partial charge in [0.2, 0.25) is 5.91 Å². The molecular weight excluding hydrogens is 328 g/mol. The number of carbonyl (C=O) groups is 2. The number of carbonyl (C=O) groups excluding carboxylic acids is 2. The van der Waals surface area contributed by atoms with Crippen LogP contribution in [0.3, 0.4) is 0 Å². The molecule has 0 radical (unpaired) electrons. The van der Waals surface area contributed by atoms with Crippen LogP contribution in [0.4, 0.5) is 0 Å². The second-order valence-corrected chi connectivity index (χ2v) is 6.34. The number of hydrogen-bond donors (Lipinski definition) is 0. The Labute approximate surface area is 125 Å². The first-order valence-electron chi connectivity index (χ1n) is 6.43. The molecule has 2 rings (SSSR count). The Hall–Kier alpha value is -0.880. The molecule has 0 N–H and O–H groups in total. The fourth-order valence-corrected chi connectivity index (χ4v) is 3.57. The molecule has 0 atom stereocenters. The zero-order valence-electron chi connectivity index (χ0n) is 10.9. The molecule has 2 heterocycles. The molecule has 1 aliphatic rings. The minimum absolute atomic E-state index is 0.0708. The Bertz CT molecular complexity index is 475. The molecule has 0 bridgehead atoms. The standard InChI is InChI=1S/C13H17BrN2O2S/c1-2-12(17)15-4-3-5-16(7-6-15)13(18)11-8-10(14)9-19-11/h8-9H,2-7H2,1H3. The van der Waals surface area contributed by atoms with Crippen molar-refractivity contribution in [3.05, 3.63) is 20.8 Å². The van der Waals surface area contributed by atoms with Crippen molar-refractivity contribution in [1.29, 1.82) is 0 Å². The van der Waals surface area contributed by atoms with Gasteiger partial charge in [-0.2, -0.15) is 0 Å². The van der Waals surface area contributed by atoms with Gasteiger partial charge in [-0.15, -0.1) is 11.3 Å². The number of amides is 2. The molecule has 0 spiro atoms. The quantitative estimate of drug-likeness (QED) is 0.827. The fraction of sp³-hybridized carbons (Fsp3) is 0.538. The summed E-state index contributed by atoms with van der Waals surface area (Å²) >= 11 is 4.82. The van der Waals surface area contributed by atoms with Crippen LogP contribution in [0, 0.1) is 0 Å². The second-order valence-electron chi connectivity index (χ2n) is 4.51. The molecule has 0 saturated carbocycles. The van der Waals surface area contributed by atoms with E-state index < -0.39 is 0 Å². The van der Waals surface area contributed by atoms with E-state index in [2.05, 4.69) is 15.9 Å². The van der Waals surface area contributed by atoms with E-state index >= 15 is 0 Å². The SMILES string of the molecule is CCC(=O)N1CCCN(C(=O)c2cc(Br)cs2)CC1. The van der Waals surface area contributed by atoms with Crippen molar-refractivity contribution in [3.8, 4) is 0 Å². The van der Waals surface area contributed by atoms with Crippen LogP contribution in [0.5, 0.6) is 0 Å². The summed E-state index contributed by atoms with van der Waals surface area (Å²) in [5, 5.41) is 1.91.